The summed E-state index contributed by atoms with van der Waals surface area (Å²) in [5.74, 6) is 1.59. The first-order valence-corrected chi connectivity index (χ1v) is 10.4. The van der Waals surface area contributed by atoms with Gasteiger partial charge < -0.3 is 15.0 Å². The minimum Gasteiger partial charge on any atom is -0.492 e. The van der Waals surface area contributed by atoms with Crippen molar-refractivity contribution < 1.29 is 9.53 Å². The lowest BCUT2D eigenvalue weighted by molar-refractivity contribution is -0.120. The third-order valence-electron chi connectivity index (χ3n) is 5.35. The number of ether oxygens (including phenoxy) is 1. The first-order chi connectivity index (χ1) is 14.7. The standard InChI is InChI=1S/C24H26N4O2/c1-2-30-22-11-7-6-10-21(22)25-24(29)19-14-16-28(17-15-19)23-13-12-20(26-27-23)18-8-4-3-5-9-18/h3-13,19H,2,14-17H2,1H3,(H,25,29). The van der Waals surface area contributed by atoms with Crippen molar-refractivity contribution in [2.24, 2.45) is 5.92 Å². The highest BCUT2D eigenvalue weighted by Crippen LogP contribution is 2.27. The molecule has 0 bridgehead atoms. The van der Waals surface area contributed by atoms with Crippen molar-refractivity contribution in [3.8, 4) is 17.0 Å². The van der Waals surface area contributed by atoms with Gasteiger partial charge in [-0.2, -0.15) is 0 Å². The molecule has 1 aliphatic rings. The lowest BCUT2D eigenvalue weighted by Crippen LogP contribution is -2.38. The molecular weight excluding hydrogens is 376 g/mol. The third-order valence-corrected chi connectivity index (χ3v) is 5.35. The molecule has 2 aromatic carbocycles. The average Bonchev–Trinajstić information content (AvgIpc) is 2.81. The number of para-hydroxylation sites is 2. The SMILES string of the molecule is CCOc1ccccc1NC(=O)C1CCN(c2ccc(-c3ccccc3)nn2)CC1. The Morgan fingerprint density at radius 3 is 2.43 bits per heavy atom. The molecule has 2 heterocycles. The number of hydrogen-bond donors (Lipinski definition) is 1. The van der Waals surface area contributed by atoms with Gasteiger partial charge in [-0.3, -0.25) is 4.79 Å². The van der Waals surface area contributed by atoms with Crippen molar-refractivity contribution >= 4 is 17.4 Å². The van der Waals surface area contributed by atoms with E-state index in [0.29, 0.717) is 12.4 Å². The fourth-order valence-electron chi connectivity index (χ4n) is 3.71. The lowest BCUT2D eigenvalue weighted by Gasteiger charge is -2.32. The second kappa shape index (κ2) is 9.39. The zero-order chi connectivity index (χ0) is 20.8. The molecule has 1 N–H and O–H groups in total. The van der Waals surface area contributed by atoms with Crippen LogP contribution in [0.5, 0.6) is 5.75 Å². The van der Waals surface area contributed by atoms with Crippen LogP contribution < -0.4 is 15.0 Å². The number of amides is 1. The first-order valence-electron chi connectivity index (χ1n) is 10.4. The molecule has 3 aromatic rings. The van der Waals surface area contributed by atoms with Crippen molar-refractivity contribution in [1.29, 1.82) is 0 Å². The predicted octanol–water partition coefficient (Wildman–Crippen LogP) is 4.40. The number of aromatic nitrogens is 2. The Bertz CT molecular complexity index is 968. The Hall–Kier alpha value is -3.41. The summed E-state index contributed by atoms with van der Waals surface area (Å²) >= 11 is 0. The summed E-state index contributed by atoms with van der Waals surface area (Å²) in [4.78, 5) is 14.9. The Kier molecular flexibility index (Phi) is 6.23. The molecule has 4 rings (SSSR count). The molecule has 0 radical (unpaired) electrons. The molecule has 1 aromatic heterocycles. The van der Waals surface area contributed by atoms with E-state index in [2.05, 4.69) is 20.4 Å². The van der Waals surface area contributed by atoms with Gasteiger partial charge in [-0.05, 0) is 44.0 Å². The first kappa shape index (κ1) is 19.9. The van der Waals surface area contributed by atoms with Gasteiger partial charge in [-0.1, -0.05) is 42.5 Å². The molecule has 6 heteroatoms. The van der Waals surface area contributed by atoms with Gasteiger partial charge in [0, 0.05) is 24.6 Å². The van der Waals surface area contributed by atoms with Crippen LogP contribution in [-0.4, -0.2) is 35.8 Å². The molecule has 0 saturated carbocycles. The number of nitrogens with one attached hydrogen (secondary N) is 1. The largest absolute Gasteiger partial charge is 0.492 e. The molecule has 0 spiro atoms. The monoisotopic (exact) mass is 402 g/mol. The van der Waals surface area contributed by atoms with Gasteiger partial charge in [0.2, 0.25) is 5.91 Å². The molecule has 30 heavy (non-hydrogen) atoms. The maximum Gasteiger partial charge on any atom is 0.227 e. The van der Waals surface area contributed by atoms with Crippen molar-refractivity contribution in [2.75, 3.05) is 29.9 Å². The van der Waals surface area contributed by atoms with E-state index in [1.807, 2.05) is 73.7 Å². The van der Waals surface area contributed by atoms with Crippen LogP contribution in [0.2, 0.25) is 0 Å². The van der Waals surface area contributed by atoms with Crippen LogP contribution in [0.4, 0.5) is 11.5 Å². The molecule has 1 saturated heterocycles. The summed E-state index contributed by atoms with van der Waals surface area (Å²) in [6.45, 7) is 4.06. The minimum absolute atomic E-state index is 0.0208. The lowest BCUT2D eigenvalue weighted by atomic mass is 9.95. The smallest absolute Gasteiger partial charge is 0.227 e. The summed E-state index contributed by atoms with van der Waals surface area (Å²) in [6.07, 6.45) is 1.56. The molecular formula is C24H26N4O2. The number of carbonyl (C=O) groups excluding carboxylic acids is 1. The van der Waals surface area contributed by atoms with Crippen LogP contribution in [0, 0.1) is 5.92 Å². The maximum absolute atomic E-state index is 12.8. The number of benzene rings is 2. The van der Waals surface area contributed by atoms with Crippen molar-refractivity contribution in [2.45, 2.75) is 19.8 Å². The number of anilines is 2. The number of nitrogens with zero attached hydrogens (tertiary/aromatic N) is 3. The molecule has 0 aliphatic carbocycles. The van der Waals surface area contributed by atoms with Gasteiger partial charge in [0.25, 0.3) is 0 Å². The number of rotatable bonds is 6. The van der Waals surface area contributed by atoms with Gasteiger partial charge >= 0.3 is 0 Å². The summed E-state index contributed by atoms with van der Waals surface area (Å²) in [5.41, 5.74) is 2.65. The highest BCUT2D eigenvalue weighted by atomic mass is 16.5. The number of carbonyl (C=O) groups is 1. The van der Waals surface area contributed by atoms with Crippen LogP contribution in [0.25, 0.3) is 11.3 Å². The zero-order valence-corrected chi connectivity index (χ0v) is 17.1. The van der Waals surface area contributed by atoms with Crippen LogP contribution in [0.3, 0.4) is 0 Å². The molecule has 1 fully saturated rings. The van der Waals surface area contributed by atoms with E-state index < -0.39 is 0 Å². The van der Waals surface area contributed by atoms with Crippen LogP contribution in [0.1, 0.15) is 19.8 Å². The van der Waals surface area contributed by atoms with Gasteiger partial charge in [0.15, 0.2) is 5.82 Å². The van der Waals surface area contributed by atoms with Gasteiger partial charge in [0.05, 0.1) is 18.0 Å². The fraction of sp³-hybridized carbons (Fsp3) is 0.292. The molecule has 6 nitrogen and oxygen atoms in total. The number of piperidine rings is 1. The Balaban J connectivity index is 1.34. The van der Waals surface area contributed by atoms with Gasteiger partial charge in [-0.15, -0.1) is 10.2 Å². The second-order valence-electron chi connectivity index (χ2n) is 7.32. The Morgan fingerprint density at radius 1 is 1.00 bits per heavy atom. The number of hydrogen-bond acceptors (Lipinski definition) is 5. The molecule has 1 aliphatic heterocycles. The Morgan fingerprint density at radius 2 is 1.73 bits per heavy atom. The van der Waals surface area contributed by atoms with Gasteiger partial charge in [-0.25, -0.2) is 0 Å². The van der Waals surface area contributed by atoms with E-state index in [4.69, 9.17) is 4.74 Å². The van der Waals surface area contributed by atoms with Crippen molar-refractivity contribution in [1.82, 2.24) is 10.2 Å². The fourth-order valence-corrected chi connectivity index (χ4v) is 3.71. The van der Waals surface area contributed by atoms with E-state index >= 15 is 0 Å². The second-order valence-corrected chi connectivity index (χ2v) is 7.32. The summed E-state index contributed by atoms with van der Waals surface area (Å²) < 4.78 is 5.60. The van der Waals surface area contributed by atoms with Crippen LogP contribution in [-0.2, 0) is 4.79 Å². The summed E-state index contributed by atoms with van der Waals surface area (Å²) in [6, 6.07) is 21.6. The molecule has 0 atom stereocenters. The van der Waals surface area contributed by atoms with E-state index in [0.717, 1.165) is 48.7 Å². The molecule has 1 amide bonds. The average molecular weight is 402 g/mol. The zero-order valence-electron chi connectivity index (χ0n) is 17.1. The van der Waals surface area contributed by atoms with Crippen molar-refractivity contribution in [3.63, 3.8) is 0 Å². The summed E-state index contributed by atoms with van der Waals surface area (Å²) in [7, 11) is 0. The van der Waals surface area contributed by atoms with E-state index in [1.54, 1.807) is 0 Å². The predicted molar refractivity (Wildman–Crippen MR) is 119 cm³/mol. The van der Waals surface area contributed by atoms with E-state index in [1.165, 1.54) is 0 Å². The highest BCUT2D eigenvalue weighted by molar-refractivity contribution is 5.94. The van der Waals surface area contributed by atoms with Gasteiger partial charge in [0.1, 0.15) is 5.75 Å². The van der Waals surface area contributed by atoms with E-state index in [9.17, 15) is 4.79 Å². The summed E-state index contributed by atoms with van der Waals surface area (Å²) in [5, 5.41) is 11.8. The quantitative estimate of drug-likeness (QED) is 0.662. The normalized spacial score (nSPS) is 14.4. The van der Waals surface area contributed by atoms with Crippen molar-refractivity contribution in [3.05, 3.63) is 66.7 Å². The Labute approximate surface area is 176 Å². The van der Waals surface area contributed by atoms with E-state index in [-0.39, 0.29) is 11.8 Å². The minimum atomic E-state index is -0.0208. The van der Waals surface area contributed by atoms with Crippen LogP contribution in [0.15, 0.2) is 66.7 Å². The third kappa shape index (κ3) is 4.59. The van der Waals surface area contributed by atoms with Crippen LogP contribution >= 0.6 is 0 Å². The highest BCUT2D eigenvalue weighted by Gasteiger charge is 2.26. The maximum atomic E-state index is 12.8. The molecule has 154 valence electrons. The topological polar surface area (TPSA) is 67.3 Å². The molecule has 0 unspecified atom stereocenters.